The minimum Gasteiger partial charge on any atom is -0.507 e. The average molecular weight is 455 g/mol. The van der Waals surface area contributed by atoms with Gasteiger partial charge in [-0.3, -0.25) is 14.5 Å². The normalized spacial score (nSPS) is 17.8. The largest absolute Gasteiger partial charge is 0.507 e. The van der Waals surface area contributed by atoms with E-state index in [9.17, 15) is 14.7 Å². The predicted octanol–water partition coefficient (Wildman–Crippen LogP) is 5.02. The van der Waals surface area contributed by atoms with Crippen molar-refractivity contribution in [3.05, 3.63) is 93.6 Å². The Balaban J connectivity index is 1.94. The van der Waals surface area contributed by atoms with Gasteiger partial charge >= 0.3 is 5.91 Å². The molecule has 1 aliphatic rings. The second-order valence-corrected chi connectivity index (χ2v) is 7.61. The summed E-state index contributed by atoms with van der Waals surface area (Å²) < 4.78 is 5.14. The minimum atomic E-state index is -0.922. The number of methoxy groups -OCH3 is 1. The van der Waals surface area contributed by atoms with Gasteiger partial charge in [0.2, 0.25) is 0 Å². The van der Waals surface area contributed by atoms with Crippen molar-refractivity contribution >= 4 is 46.5 Å². The number of carbonyl (C=O) groups is 2. The summed E-state index contributed by atoms with van der Waals surface area (Å²) in [6.45, 7) is 0. The molecule has 1 aromatic heterocycles. The van der Waals surface area contributed by atoms with Crippen molar-refractivity contribution in [3.63, 3.8) is 0 Å². The number of hydrogen-bond acceptors (Lipinski definition) is 5. The van der Waals surface area contributed by atoms with Gasteiger partial charge in [-0.25, -0.2) is 4.98 Å². The van der Waals surface area contributed by atoms with Crippen LogP contribution in [0.25, 0.3) is 5.76 Å². The number of halogens is 2. The van der Waals surface area contributed by atoms with Crippen LogP contribution < -0.4 is 9.64 Å². The van der Waals surface area contributed by atoms with E-state index in [4.69, 9.17) is 27.9 Å². The quantitative estimate of drug-likeness (QED) is 0.340. The fourth-order valence-corrected chi connectivity index (χ4v) is 3.98. The van der Waals surface area contributed by atoms with Crippen LogP contribution >= 0.6 is 23.2 Å². The first-order valence-electron chi connectivity index (χ1n) is 9.23. The van der Waals surface area contributed by atoms with Crippen LogP contribution in [0.5, 0.6) is 5.75 Å². The van der Waals surface area contributed by atoms with Gasteiger partial charge in [0, 0.05) is 16.8 Å². The Morgan fingerprint density at radius 2 is 1.87 bits per heavy atom. The van der Waals surface area contributed by atoms with E-state index in [-0.39, 0.29) is 27.7 Å². The number of aromatic nitrogens is 1. The Kier molecular flexibility index (Phi) is 5.67. The number of aliphatic hydroxyl groups excluding tert-OH is 1. The number of pyridine rings is 1. The summed E-state index contributed by atoms with van der Waals surface area (Å²) >= 11 is 12.4. The number of anilines is 1. The van der Waals surface area contributed by atoms with Crippen LogP contribution in [-0.2, 0) is 9.59 Å². The highest BCUT2D eigenvalue weighted by atomic mass is 35.5. The maximum Gasteiger partial charge on any atom is 0.301 e. The number of rotatable bonds is 4. The van der Waals surface area contributed by atoms with Crippen molar-refractivity contribution in [1.82, 2.24) is 4.98 Å². The van der Waals surface area contributed by atoms with Crippen LogP contribution in [0.2, 0.25) is 10.0 Å². The average Bonchev–Trinajstić information content (AvgIpc) is 3.04. The highest BCUT2D eigenvalue weighted by Gasteiger charge is 2.47. The lowest BCUT2D eigenvalue weighted by Crippen LogP contribution is -2.30. The number of benzene rings is 2. The summed E-state index contributed by atoms with van der Waals surface area (Å²) in [6.07, 6.45) is 1.52. The summed E-state index contributed by atoms with van der Waals surface area (Å²) in [6, 6.07) is 15.5. The smallest absolute Gasteiger partial charge is 0.301 e. The Bertz CT molecular complexity index is 1210. The molecule has 1 saturated heterocycles. The maximum atomic E-state index is 13.1. The third-order valence-corrected chi connectivity index (χ3v) is 5.46. The lowest BCUT2D eigenvalue weighted by Gasteiger charge is -2.24. The molecular formula is C23H16Cl2N2O4. The van der Waals surface area contributed by atoms with Gasteiger partial charge < -0.3 is 9.84 Å². The molecule has 0 spiro atoms. The zero-order chi connectivity index (χ0) is 22.1. The molecule has 6 nitrogen and oxygen atoms in total. The summed E-state index contributed by atoms with van der Waals surface area (Å²) in [4.78, 5) is 31.5. The monoisotopic (exact) mass is 454 g/mol. The van der Waals surface area contributed by atoms with E-state index < -0.39 is 17.7 Å². The minimum absolute atomic E-state index is 0.0841. The molecule has 0 radical (unpaired) electrons. The topological polar surface area (TPSA) is 79.7 Å². The maximum absolute atomic E-state index is 13.1. The van der Waals surface area contributed by atoms with Crippen LogP contribution in [0.15, 0.2) is 72.4 Å². The highest BCUT2D eigenvalue weighted by Crippen LogP contribution is 2.42. The predicted molar refractivity (Wildman–Crippen MR) is 118 cm³/mol. The van der Waals surface area contributed by atoms with Gasteiger partial charge in [-0.1, -0.05) is 41.4 Å². The Morgan fingerprint density at radius 1 is 1.06 bits per heavy atom. The van der Waals surface area contributed by atoms with Gasteiger partial charge in [0.1, 0.15) is 17.3 Å². The van der Waals surface area contributed by atoms with Crippen molar-refractivity contribution in [2.45, 2.75) is 6.04 Å². The molecule has 156 valence electrons. The molecule has 31 heavy (non-hydrogen) atoms. The molecule has 8 heteroatoms. The van der Waals surface area contributed by atoms with E-state index in [1.165, 1.54) is 24.3 Å². The Hall–Kier alpha value is -3.35. The summed E-state index contributed by atoms with van der Waals surface area (Å²) in [7, 11) is 1.47. The van der Waals surface area contributed by atoms with Crippen LogP contribution in [-0.4, -0.2) is 28.9 Å². The standard InChI is InChI=1S/C23H16Cl2N2O4/c1-31-17-9-8-14(12-16(17)25)21(28)19-20(13-5-4-6-15(24)11-13)27(23(30)22(19)29)18-7-2-3-10-26-18/h2-12,20,28H,1H3/t20-/m1/s1. The van der Waals surface area contributed by atoms with Crippen LogP contribution in [0.3, 0.4) is 0 Å². The molecule has 2 heterocycles. The molecule has 0 saturated carbocycles. The Morgan fingerprint density at radius 3 is 2.52 bits per heavy atom. The molecule has 2 aromatic carbocycles. The number of Topliss-reactive ketones (excluding diaryl/α,β-unsaturated/α-hetero) is 1. The zero-order valence-corrected chi connectivity index (χ0v) is 17.8. The first-order valence-corrected chi connectivity index (χ1v) is 9.99. The Labute approximate surface area is 188 Å². The highest BCUT2D eigenvalue weighted by molar-refractivity contribution is 6.51. The van der Waals surface area contributed by atoms with E-state index in [1.807, 2.05) is 0 Å². The van der Waals surface area contributed by atoms with Gasteiger partial charge in [-0.05, 0) is 48.0 Å². The lowest BCUT2D eigenvalue weighted by molar-refractivity contribution is -0.132. The number of aliphatic hydroxyl groups is 1. The zero-order valence-electron chi connectivity index (χ0n) is 16.3. The van der Waals surface area contributed by atoms with Gasteiger partial charge in [0.25, 0.3) is 5.78 Å². The van der Waals surface area contributed by atoms with Crippen LogP contribution in [0, 0.1) is 0 Å². The number of ether oxygens (including phenoxy) is 1. The van der Waals surface area contributed by atoms with Crippen molar-refractivity contribution in [3.8, 4) is 5.75 Å². The lowest BCUT2D eigenvalue weighted by atomic mass is 9.95. The van der Waals surface area contributed by atoms with Gasteiger partial charge in [0.15, 0.2) is 0 Å². The van der Waals surface area contributed by atoms with E-state index in [1.54, 1.807) is 54.6 Å². The fourth-order valence-electron chi connectivity index (χ4n) is 3.53. The fraction of sp³-hybridized carbons (Fsp3) is 0.0870. The van der Waals surface area contributed by atoms with Crippen LogP contribution in [0.1, 0.15) is 17.2 Å². The van der Waals surface area contributed by atoms with Gasteiger partial charge in [-0.2, -0.15) is 0 Å². The molecule has 1 aliphatic heterocycles. The number of carbonyl (C=O) groups excluding carboxylic acids is 2. The van der Waals surface area contributed by atoms with E-state index in [2.05, 4.69) is 4.98 Å². The third-order valence-electron chi connectivity index (χ3n) is 4.93. The van der Waals surface area contributed by atoms with Gasteiger partial charge in [-0.15, -0.1) is 0 Å². The molecule has 1 atom stereocenters. The molecule has 1 fully saturated rings. The number of ketones is 1. The molecule has 4 rings (SSSR count). The van der Waals surface area contributed by atoms with Crippen molar-refractivity contribution in [2.75, 3.05) is 12.0 Å². The molecule has 0 bridgehead atoms. The number of hydrogen-bond donors (Lipinski definition) is 1. The van der Waals surface area contributed by atoms with Crippen molar-refractivity contribution in [1.29, 1.82) is 0 Å². The molecule has 1 amide bonds. The molecular weight excluding hydrogens is 439 g/mol. The van der Waals surface area contributed by atoms with Crippen molar-refractivity contribution in [2.24, 2.45) is 0 Å². The van der Waals surface area contributed by atoms with Gasteiger partial charge in [0.05, 0.1) is 23.7 Å². The van der Waals surface area contributed by atoms with E-state index >= 15 is 0 Å². The molecule has 3 aromatic rings. The molecule has 0 unspecified atom stereocenters. The van der Waals surface area contributed by atoms with Crippen molar-refractivity contribution < 1.29 is 19.4 Å². The first-order chi connectivity index (χ1) is 14.9. The number of amides is 1. The summed E-state index contributed by atoms with van der Waals surface area (Å²) in [5.41, 5.74) is 0.745. The summed E-state index contributed by atoms with van der Waals surface area (Å²) in [5, 5.41) is 11.8. The number of nitrogens with zero attached hydrogens (tertiary/aromatic N) is 2. The van der Waals surface area contributed by atoms with E-state index in [0.29, 0.717) is 16.3 Å². The SMILES string of the molecule is COc1ccc(C(O)=C2C(=O)C(=O)N(c3ccccn3)[C@@H]2c2cccc(Cl)c2)cc1Cl. The van der Waals surface area contributed by atoms with E-state index in [0.717, 1.165) is 0 Å². The second kappa shape index (κ2) is 8.41. The molecule has 0 aliphatic carbocycles. The van der Waals surface area contributed by atoms with Crippen LogP contribution in [0.4, 0.5) is 5.82 Å². The first kappa shape index (κ1) is 20.9. The third kappa shape index (κ3) is 3.76. The molecule has 1 N–H and O–H groups in total. The second-order valence-electron chi connectivity index (χ2n) is 6.76. The summed E-state index contributed by atoms with van der Waals surface area (Å²) in [5.74, 6) is -1.30.